The Labute approximate surface area is 203 Å². The van der Waals surface area contributed by atoms with Crippen molar-refractivity contribution in [1.29, 1.82) is 0 Å². The Bertz CT molecular complexity index is 1290. The van der Waals surface area contributed by atoms with Gasteiger partial charge in [-0.25, -0.2) is 31.4 Å². The van der Waals surface area contributed by atoms with Crippen LogP contribution < -0.4 is 9.62 Å². The lowest BCUT2D eigenvalue weighted by Crippen LogP contribution is -2.48. The summed E-state index contributed by atoms with van der Waals surface area (Å²) in [7, 11) is -5.12. The number of carbonyl (C=O) groups is 1. The van der Waals surface area contributed by atoms with E-state index in [1.165, 1.54) is 5.51 Å². The first kappa shape index (κ1) is 24.9. The number of halogens is 3. The number of carboxylic acid groups (broad SMARTS) is 1. The molecule has 1 fully saturated rings. The number of rotatable bonds is 9. The van der Waals surface area contributed by atoms with E-state index < -0.39 is 44.6 Å². The third kappa shape index (κ3) is 5.41. The highest BCUT2D eigenvalue weighted by molar-refractivity contribution is 7.93. The number of thiazole rings is 1. The zero-order chi connectivity index (χ0) is 25.2. The SMILES string of the molecule is O=C(O)N(c1cscn1)S(=O)(=O)c1c(F)cc(NCc2ccccc2CCN2CC(F)C2)cc1F. The number of likely N-dealkylation sites (tertiary alicyclic amines) is 1. The van der Waals surface area contributed by atoms with Gasteiger partial charge < -0.3 is 10.4 Å². The Kier molecular flexibility index (Phi) is 7.28. The van der Waals surface area contributed by atoms with Crippen LogP contribution in [0, 0.1) is 11.6 Å². The zero-order valence-corrected chi connectivity index (χ0v) is 19.8. The monoisotopic (exact) mass is 526 g/mol. The number of benzene rings is 2. The van der Waals surface area contributed by atoms with E-state index in [1.54, 1.807) is 0 Å². The number of hydrogen-bond donors (Lipinski definition) is 2. The fourth-order valence-electron chi connectivity index (χ4n) is 3.77. The number of aromatic nitrogens is 1. The van der Waals surface area contributed by atoms with Crippen molar-refractivity contribution in [2.75, 3.05) is 29.3 Å². The lowest BCUT2D eigenvalue weighted by Gasteiger charge is -2.34. The molecule has 2 N–H and O–H groups in total. The van der Waals surface area contributed by atoms with Gasteiger partial charge in [0.05, 0.1) is 5.51 Å². The van der Waals surface area contributed by atoms with Crippen molar-refractivity contribution < 1.29 is 31.5 Å². The molecule has 1 aromatic heterocycles. The second kappa shape index (κ2) is 10.2. The van der Waals surface area contributed by atoms with E-state index in [2.05, 4.69) is 10.3 Å². The molecule has 1 saturated heterocycles. The molecule has 0 saturated carbocycles. The van der Waals surface area contributed by atoms with Gasteiger partial charge in [0.25, 0.3) is 10.0 Å². The molecule has 1 aliphatic rings. The highest BCUT2D eigenvalue weighted by Gasteiger charge is 2.37. The number of nitrogens with one attached hydrogen (secondary N) is 1. The minimum absolute atomic E-state index is 0.0210. The molecule has 0 spiro atoms. The van der Waals surface area contributed by atoms with Crippen molar-refractivity contribution in [3.05, 3.63) is 70.1 Å². The topological polar surface area (TPSA) is 103 Å². The van der Waals surface area contributed by atoms with Crippen LogP contribution in [0.2, 0.25) is 0 Å². The molecule has 186 valence electrons. The largest absolute Gasteiger partial charge is 0.464 e. The lowest BCUT2D eigenvalue weighted by atomic mass is 10.0. The van der Waals surface area contributed by atoms with Crippen LogP contribution in [0.4, 0.5) is 29.5 Å². The second-order valence-electron chi connectivity index (χ2n) is 7.90. The first-order valence-corrected chi connectivity index (χ1v) is 12.9. The second-order valence-corrected chi connectivity index (χ2v) is 10.3. The van der Waals surface area contributed by atoms with Gasteiger partial charge in [-0.2, -0.15) is 0 Å². The smallest absolute Gasteiger partial charge is 0.427 e. The number of sulfonamides is 1. The molecule has 2 aromatic carbocycles. The van der Waals surface area contributed by atoms with Crippen molar-refractivity contribution in [1.82, 2.24) is 9.88 Å². The van der Waals surface area contributed by atoms with Crippen LogP contribution in [-0.4, -0.2) is 55.3 Å². The van der Waals surface area contributed by atoms with E-state index in [0.717, 1.165) is 40.0 Å². The highest BCUT2D eigenvalue weighted by Crippen LogP contribution is 2.30. The summed E-state index contributed by atoms with van der Waals surface area (Å²) in [6, 6.07) is 9.03. The molecule has 4 rings (SSSR count). The molecule has 35 heavy (non-hydrogen) atoms. The normalized spacial score (nSPS) is 14.5. The molecular formula is C22H21F3N4O4S2. The molecule has 0 unspecified atom stereocenters. The summed E-state index contributed by atoms with van der Waals surface area (Å²) >= 11 is 0.925. The predicted octanol–water partition coefficient (Wildman–Crippen LogP) is 4.10. The first-order valence-electron chi connectivity index (χ1n) is 10.5. The molecule has 2 heterocycles. The molecule has 0 aliphatic carbocycles. The van der Waals surface area contributed by atoms with E-state index in [-0.39, 0.29) is 16.5 Å². The van der Waals surface area contributed by atoms with Gasteiger partial charge in [-0.1, -0.05) is 24.3 Å². The van der Waals surface area contributed by atoms with Crippen molar-refractivity contribution in [2.45, 2.75) is 24.0 Å². The summed E-state index contributed by atoms with van der Waals surface area (Å²) in [5.74, 6) is -3.37. The van der Waals surface area contributed by atoms with Crippen molar-refractivity contribution in [3.63, 3.8) is 0 Å². The van der Waals surface area contributed by atoms with E-state index >= 15 is 0 Å². The fourth-order valence-corrected chi connectivity index (χ4v) is 5.70. The molecule has 0 atom stereocenters. The third-order valence-corrected chi connectivity index (χ3v) is 7.81. The fraction of sp³-hybridized carbons (Fsp3) is 0.273. The molecule has 1 aliphatic heterocycles. The summed E-state index contributed by atoms with van der Waals surface area (Å²) in [4.78, 5) is 15.8. The van der Waals surface area contributed by atoms with Crippen LogP contribution in [0.1, 0.15) is 11.1 Å². The quantitative estimate of drug-likeness (QED) is 0.433. The number of hydrogen-bond acceptors (Lipinski definition) is 7. The van der Waals surface area contributed by atoms with Crippen LogP contribution in [-0.2, 0) is 23.0 Å². The van der Waals surface area contributed by atoms with Gasteiger partial charge in [-0.3, -0.25) is 4.90 Å². The Hall–Kier alpha value is -3.16. The van der Waals surface area contributed by atoms with E-state index in [4.69, 9.17) is 0 Å². The van der Waals surface area contributed by atoms with Crippen LogP contribution in [0.5, 0.6) is 0 Å². The molecule has 3 aromatic rings. The van der Waals surface area contributed by atoms with Gasteiger partial charge in [-0.15, -0.1) is 15.6 Å². The highest BCUT2D eigenvalue weighted by atomic mass is 32.2. The minimum atomic E-state index is -5.12. The van der Waals surface area contributed by atoms with E-state index in [1.807, 2.05) is 29.2 Å². The third-order valence-electron chi connectivity index (χ3n) is 5.51. The van der Waals surface area contributed by atoms with Gasteiger partial charge in [0.2, 0.25) is 0 Å². The minimum Gasteiger partial charge on any atom is -0.464 e. The van der Waals surface area contributed by atoms with Gasteiger partial charge in [0, 0.05) is 37.2 Å². The summed E-state index contributed by atoms with van der Waals surface area (Å²) in [5, 5.41) is 13.4. The zero-order valence-electron chi connectivity index (χ0n) is 18.2. The maximum Gasteiger partial charge on any atom is 0.427 e. The first-order chi connectivity index (χ1) is 16.7. The molecule has 1 amide bonds. The van der Waals surface area contributed by atoms with Gasteiger partial charge in [0.15, 0.2) is 10.7 Å². The molecule has 0 radical (unpaired) electrons. The van der Waals surface area contributed by atoms with Crippen molar-refractivity contribution >= 4 is 39.0 Å². The molecule has 13 heteroatoms. The molecule has 8 nitrogen and oxygen atoms in total. The summed E-state index contributed by atoms with van der Waals surface area (Å²) in [5.41, 5.74) is 3.03. The Balaban J connectivity index is 1.51. The predicted molar refractivity (Wildman–Crippen MR) is 125 cm³/mol. The number of alkyl halides is 1. The number of nitrogens with zero attached hydrogens (tertiary/aromatic N) is 3. The lowest BCUT2D eigenvalue weighted by molar-refractivity contribution is 0.0670. The molecular weight excluding hydrogens is 505 g/mol. The van der Waals surface area contributed by atoms with Crippen LogP contribution in [0.15, 0.2) is 52.2 Å². The Morgan fingerprint density at radius 2 is 1.86 bits per heavy atom. The van der Waals surface area contributed by atoms with Crippen LogP contribution in [0.25, 0.3) is 0 Å². The van der Waals surface area contributed by atoms with Gasteiger partial charge >= 0.3 is 6.09 Å². The number of anilines is 2. The average molecular weight is 527 g/mol. The standard InChI is InChI=1S/C22H21F3N4O4S2/c23-16-10-28(11-16)6-5-14-3-1-2-4-15(14)9-26-17-7-18(24)21(19(25)8-17)35(32,33)29(22(30)31)20-12-34-13-27-20/h1-4,7-8,12-13,16,26H,5-6,9-11H2,(H,30,31). The Morgan fingerprint density at radius 1 is 1.20 bits per heavy atom. The van der Waals surface area contributed by atoms with Gasteiger partial charge in [0.1, 0.15) is 17.8 Å². The maximum atomic E-state index is 14.8. The van der Waals surface area contributed by atoms with Crippen molar-refractivity contribution in [3.8, 4) is 0 Å². The van der Waals surface area contributed by atoms with E-state index in [0.29, 0.717) is 26.1 Å². The Morgan fingerprint density at radius 3 is 2.43 bits per heavy atom. The maximum absolute atomic E-state index is 14.8. The average Bonchev–Trinajstić information content (AvgIpc) is 3.27. The van der Waals surface area contributed by atoms with Crippen molar-refractivity contribution in [2.24, 2.45) is 0 Å². The van der Waals surface area contributed by atoms with E-state index in [9.17, 15) is 31.5 Å². The van der Waals surface area contributed by atoms with Crippen LogP contribution in [0.3, 0.4) is 0 Å². The summed E-state index contributed by atoms with van der Waals surface area (Å²) in [6.07, 6.45) is -2.06. The summed E-state index contributed by atoms with van der Waals surface area (Å²) in [6.45, 7) is 1.71. The summed E-state index contributed by atoms with van der Waals surface area (Å²) < 4.78 is 68.1. The van der Waals surface area contributed by atoms with Crippen LogP contribution >= 0.6 is 11.3 Å². The van der Waals surface area contributed by atoms with Gasteiger partial charge in [-0.05, 0) is 29.7 Å². The molecule has 0 bridgehead atoms. The number of amides is 1.